The topological polar surface area (TPSA) is 16.6 Å². The first-order valence-electron chi connectivity index (χ1n) is 1.52. The molecule has 0 unspecified atom stereocenters. The van der Waals surface area contributed by atoms with E-state index < -0.39 is 0 Å². The molecule has 0 bridgehead atoms. The van der Waals surface area contributed by atoms with Gasteiger partial charge >= 0.3 is 0 Å². The number of hydrogen-bond donors (Lipinski definition) is 1. The normalized spacial score (nSPS) is 7.50. The predicted molar refractivity (Wildman–Crippen MR) is 19.9 cm³/mol. The van der Waals surface area contributed by atoms with Crippen LogP contribution in [0.15, 0.2) is 0 Å². The van der Waals surface area contributed by atoms with Crippen molar-refractivity contribution in [1.29, 1.82) is 0 Å². The van der Waals surface area contributed by atoms with Crippen LogP contribution in [0.5, 0.6) is 0 Å². The van der Waals surface area contributed by atoms with E-state index in [0.717, 1.165) is 6.54 Å². The van der Waals surface area contributed by atoms with E-state index in [9.17, 15) is 0 Å². The van der Waals surface area contributed by atoms with Crippen LogP contribution in [-0.2, 0) is 0 Å². The van der Waals surface area contributed by atoms with Crippen LogP contribution >= 0.6 is 0 Å². The molecule has 0 aromatic rings. The Bertz CT molecular complexity index is 8.85. The van der Waals surface area contributed by atoms with E-state index in [-0.39, 0.29) is 1.43 Å². The van der Waals surface area contributed by atoms with Gasteiger partial charge in [0.15, 0.2) is 0 Å². The molecule has 0 rings (SSSR count). The number of nitrogens with two attached hydrogens (primary N) is 1. The summed E-state index contributed by atoms with van der Waals surface area (Å²) in [5, 5.41) is 1.88. The molecule has 0 amide bonds. The SMILES string of the molecule is [CH2-][NH2+]CC.[HH]. The first-order chi connectivity index (χ1) is 1.91. The van der Waals surface area contributed by atoms with E-state index in [0.29, 0.717) is 0 Å². The van der Waals surface area contributed by atoms with Crippen molar-refractivity contribution < 1.29 is 6.74 Å². The zero-order chi connectivity index (χ0) is 3.41. The number of quaternary nitrogens is 1. The smallest absolute Gasteiger partial charge is 0.0486 e. The molecule has 0 heterocycles. The van der Waals surface area contributed by atoms with Gasteiger partial charge in [-0.2, -0.15) is 7.05 Å². The minimum atomic E-state index is 0. The Morgan fingerprint density at radius 1 is 2.25 bits per heavy atom. The second-order valence-electron chi connectivity index (χ2n) is 0.697. The van der Waals surface area contributed by atoms with Crippen LogP contribution in [0, 0.1) is 7.05 Å². The molecule has 1 nitrogen and oxygen atoms in total. The van der Waals surface area contributed by atoms with Gasteiger partial charge in [0.2, 0.25) is 0 Å². The molecule has 0 radical (unpaired) electrons. The second kappa shape index (κ2) is 2.96. The van der Waals surface area contributed by atoms with Crippen LogP contribution in [-0.4, -0.2) is 6.54 Å². The van der Waals surface area contributed by atoms with Gasteiger partial charge in [0.1, 0.15) is 0 Å². The van der Waals surface area contributed by atoms with E-state index in [1.165, 1.54) is 0 Å². The first kappa shape index (κ1) is 3.96. The van der Waals surface area contributed by atoms with Crippen molar-refractivity contribution in [2.75, 3.05) is 6.54 Å². The second-order valence-corrected chi connectivity index (χ2v) is 0.697. The standard InChI is InChI=1S/C3H9N.H2/c1-3-4-2;/h2-4H2,1H3;1H. The summed E-state index contributed by atoms with van der Waals surface area (Å²) < 4.78 is 0. The largest absolute Gasteiger partial charge is 0.479 e. The molecule has 0 aliphatic rings. The van der Waals surface area contributed by atoms with E-state index in [1.807, 2.05) is 5.32 Å². The average molecular weight is 61.1 g/mol. The van der Waals surface area contributed by atoms with Gasteiger partial charge in [-0.15, -0.1) is 0 Å². The van der Waals surface area contributed by atoms with Crippen LogP contribution in [0.25, 0.3) is 0 Å². The van der Waals surface area contributed by atoms with Crippen molar-refractivity contribution in [3.8, 4) is 0 Å². The maximum atomic E-state index is 3.48. The fourth-order valence-corrected chi connectivity index (χ4v) is 0. The Morgan fingerprint density at radius 3 is 2.50 bits per heavy atom. The van der Waals surface area contributed by atoms with Gasteiger partial charge in [-0.05, 0) is 6.92 Å². The van der Waals surface area contributed by atoms with Gasteiger partial charge in [0.05, 0.1) is 0 Å². The molecule has 1 heteroatoms. The highest BCUT2D eigenvalue weighted by molar-refractivity contribution is 3.90. The maximum Gasteiger partial charge on any atom is 0.0486 e. The van der Waals surface area contributed by atoms with Gasteiger partial charge < -0.3 is 5.32 Å². The number of rotatable bonds is 1. The molecule has 0 saturated carbocycles. The lowest BCUT2D eigenvalue weighted by molar-refractivity contribution is -0.591. The van der Waals surface area contributed by atoms with Crippen molar-refractivity contribution in [3.63, 3.8) is 0 Å². The van der Waals surface area contributed by atoms with Crippen molar-refractivity contribution >= 4 is 0 Å². The first-order valence-corrected chi connectivity index (χ1v) is 1.52. The third-order valence-corrected chi connectivity index (χ3v) is 0.289. The van der Waals surface area contributed by atoms with E-state index in [4.69, 9.17) is 0 Å². The molecule has 0 saturated heterocycles. The molecule has 0 aromatic carbocycles. The van der Waals surface area contributed by atoms with Gasteiger partial charge in [-0.25, -0.2) is 0 Å². The quantitative estimate of drug-likeness (QED) is 0.397. The highest BCUT2D eigenvalue weighted by Crippen LogP contribution is 1.20. The van der Waals surface area contributed by atoms with Crippen molar-refractivity contribution in [3.05, 3.63) is 7.05 Å². The van der Waals surface area contributed by atoms with E-state index >= 15 is 0 Å². The lowest BCUT2D eigenvalue weighted by Gasteiger charge is -1.83. The molecular weight excluding hydrogens is 50.0 g/mol. The summed E-state index contributed by atoms with van der Waals surface area (Å²) in [5.74, 6) is 0. The minimum absolute atomic E-state index is 0. The summed E-state index contributed by atoms with van der Waals surface area (Å²) in [6.07, 6.45) is 0. The van der Waals surface area contributed by atoms with Gasteiger partial charge in [-0.1, -0.05) is 0 Å². The fraction of sp³-hybridized carbons (Fsp3) is 0.667. The lowest BCUT2D eigenvalue weighted by atomic mass is 10.8. The Labute approximate surface area is 28.5 Å². The summed E-state index contributed by atoms with van der Waals surface area (Å²) in [6.45, 7) is 3.15. The predicted octanol–water partition coefficient (Wildman–Crippen LogP) is -0.393. The summed E-state index contributed by atoms with van der Waals surface area (Å²) >= 11 is 0. The molecule has 0 aromatic heterocycles. The molecule has 2 N–H and O–H groups in total. The summed E-state index contributed by atoms with van der Waals surface area (Å²) in [7, 11) is 3.48. The van der Waals surface area contributed by atoms with Gasteiger partial charge in [0, 0.05) is 7.97 Å². The summed E-state index contributed by atoms with van der Waals surface area (Å²) in [5.41, 5.74) is 0. The van der Waals surface area contributed by atoms with Crippen molar-refractivity contribution in [2.45, 2.75) is 6.92 Å². The lowest BCUT2D eigenvalue weighted by Crippen LogP contribution is -2.76. The fourth-order valence-electron chi connectivity index (χ4n) is 0. The molecule has 28 valence electrons. The molecule has 0 atom stereocenters. The van der Waals surface area contributed by atoms with Crippen LogP contribution < -0.4 is 5.32 Å². The molecule has 0 spiro atoms. The average Bonchev–Trinajstić information content (AvgIpc) is 1.37. The summed E-state index contributed by atoms with van der Waals surface area (Å²) in [4.78, 5) is 0. The monoisotopic (exact) mass is 61.1 g/mol. The van der Waals surface area contributed by atoms with Crippen LogP contribution in [0.1, 0.15) is 8.35 Å². The van der Waals surface area contributed by atoms with Crippen LogP contribution in [0.3, 0.4) is 0 Å². The Hall–Kier alpha value is -0.0400. The molecular formula is C3H11N. The molecule has 0 aliphatic heterocycles. The van der Waals surface area contributed by atoms with Gasteiger partial charge in [-0.3, -0.25) is 0 Å². The number of hydrogen-bond acceptors (Lipinski definition) is 0. The Kier molecular flexibility index (Phi) is 2.93. The van der Waals surface area contributed by atoms with E-state index in [2.05, 4.69) is 14.0 Å². The Morgan fingerprint density at radius 2 is 2.50 bits per heavy atom. The zero-order valence-corrected chi connectivity index (χ0v) is 2.99. The van der Waals surface area contributed by atoms with E-state index in [1.54, 1.807) is 0 Å². The summed E-state index contributed by atoms with van der Waals surface area (Å²) in [6, 6.07) is 0. The minimum Gasteiger partial charge on any atom is -0.479 e. The van der Waals surface area contributed by atoms with Gasteiger partial charge in [0.25, 0.3) is 0 Å². The molecule has 4 heavy (non-hydrogen) atoms. The third-order valence-electron chi connectivity index (χ3n) is 0.289. The third kappa shape index (κ3) is 1.96. The van der Waals surface area contributed by atoms with Crippen molar-refractivity contribution in [1.82, 2.24) is 0 Å². The highest BCUT2D eigenvalue weighted by Gasteiger charge is 1.47. The molecule has 0 fully saturated rings. The maximum absolute atomic E-state index is 3.48. The Balaban J connectivity index is 0. The van der Waals surface area contributed by atoms with Crippen LogP contribution in [0.4, 0.5) is 0 Å². The van der Waals surface area contributed by atoms with Crippen molar-refractivity contribution in [2.24, 2.45) is 0 Å². The highest BCUT2D eigenvalue weighted by atomic mass is 14.8. The molecule has 0 aliphatic carbocycles. The van der Waals surface area contributed by atoms with Crippen LogP contribution in [0.2, 0.25) is 0 Å². The zero-order valence-electron chi connectivity index (χ0n) is 2.99.